The maximum absolute atomic E-state index is 10.4. The Morgan fingerprint density at radius 2 is 1.78 bits per heavy atom. The highest BCUT2D eigenvalue weighted by Gasteiger charge is 2.12. The minimum atomic E-state index is -0.435. The van der Waals surface area contributed by atoms with Crippen molar-refractivity contribution in [3.63, 3.8) is 0 Å². The van der Waals surface area contributed by atoms with E-state index >= 15 is 0 Å². The van der Waals surface area contributed by atoms with E-state index in [9.17, 15) is 5.11 Å². The number of benzene rings is 2. The van der Waals surface area contributed by atoms with Gasteiger partial charge >= 0.3 is 0 Å². The zero-order valence-electron chi connectivity index (χ0n) is 9.91. The lowest BCUT2D eigenvalue weighted by Crippen LogP contribution is -2.01. The summed E-state index contributed by atoms with van der Waals surface area (Å²) in [6, 6.07) is 18.3. The molecule has 1 unspecified atom stereocenters. The molecule has 18 heavy (non-hydrogen) atoms. The van der Waals surface area contributed by atoms with E-state index in [0.717, 1.165) is 5.56 Å². The summed E-state index contributed by atoms with van der Waals surface area (Å²) in [5, 5.41) is 13.7. The fourth-order valence-electron chi connectivity index (χ4n) is 2.23. The van der Waals surface area contributed by atoms with Gasteiger partial charge in [-0.1, -0.05) is 48.5 Å². The maximum Gasteiger partial charge on any atom is 0.0844 e. The number of hydrogen-bond acceptors (Lipinski definition) is 2. The van der Waals surface area contributed by atoms with Crippen molar-refractivity contribution in [2.45, 2.75) is 12.5 Å². The van der Waals surface area contributed by atoms with Crippen LogP contribution in [0.3, 0.4) is 0 Å². The van der Waals surface area contributed by atoms with E-state index in [-0.39, 0.29) is 0 Å². The van der Waals surface area contributed by atoms with Crippen LogP contribution in [0.1, 0.15) is 17.2 Å². The highest BCUT2D eigenvalue weighted by molar-refractivity contribution is 7.17. The van der Waals surface area contributed by atoms with Crippen LogP contribution in [-0.4, -0.2) is 5.11 Å². The molecular weight excluding hydrogens is 240 g/mol. The Labute approximate surface area is 110 Å². The third-order valence-corrected chi connectivity index (χ3v) is 4.12. The Morgan fingerprint density at radius 1 is 0.944 bits per heavy atom. The second kappa shape index (κ2) is 4.92. The van der Waals surface area contributed by atoms with E-state index in [4.69, 9.17) is 0 Å². The molecule has 0 radical (unpaired) electrons. The van der Waals surface area contributed by atoms with Gasteiger partial charge in [-0.25, -0.2) is 0 Å². The molecule has 1 heterocycles. The van der Waals surface area contributed by atoms with Gasteiger partial charge in [0, 0.05) is 11.1 Å². The van der Waals surface area contributed by atoms with Crippen LogP contribution in [0.15, 0.2) is 60.0 Å². The molecule has 1 aromatic heterocycles. The highest BCUT2D eigenvalue weighted by Crippen LogP contribution is 2.30. The van der Waals surface area contributed by atoms with E-state index in [2.05, 4.69) is 29.6 Å². The first-order chi connectivity index (χ1) is 8.84. The average molecular weight is 254 g/mol. The number of thiophene rings is 1. The van der Waals surface area contributed by atoms with Crippen LogP contribution in [0.2, 0.25) is 0 Å². The third kappa shape index (κ3) is 2.17. The molecule has 0 fully saturated rings. The minimum absolute atomic E-state index is 0.435. The van der Waals surface area contributed by atoms with Crippen LogP contribution < -0.4 is 0 Å². The Balaban J connectivity index is 1.92. The molecule has 0 saturated heterocycles. The molecule has 0 aliphatic rings. The first-order valence-electron chi connectivity index (χ1n) is 6.03. The van der Waals surface area contributed by atoms with Crippen molar-refractivity contribution in [3.05, 3.63) is 71.1 Å². The van der Waals surface area contributed by atoms with Crippen LogP contribution in [-0.2, 0) is 6.42 Å². The van der Waals surface area contributed by atoms with Crippen LogP contribution in [0.25, 0.3) is 10.1 Å². The topological polar surface area (TPSA) is 20.2 Å². The molecule has 3 rings (SSSR count). The summed E-state index contributed by atoms with van der Waals surface area (Å²) < 4.78 is 1.20. The van der Waals surface area contributed by atoms with Gasteiger partial charge < -0.3 is 5.11 Å². The molecular formula is C16H14OS. The van der Waals surface area contributed by atoms with Gasteiger partial charge in [0.15, 0.2) is 0 Å². The van der Waals surface area contributed by atoms with Crippen molar-refractivity contribution >= 4 is 21.4 Å². The summed E-state index contributed by atoms with van der Waals surface area (Å²) in [5.74, 6) is 0. The average Bonchev–Trinajstić information content (AvgIpc) is 2.87. The lowest BCUT2D eigenvalue weighted by atomic mass is 10.0. The molecule has 0 aliphatic heterocycles. The monoisotopic (exact) mass is 254 g/mol. The molecule has 0 aliphatic carbocycles. The SMILES string of the molecule is OC(Cc1ccccc1)c1cccc2ccsc12. The Kier molecular flexibility index (Phi) is 3.13. The fraction of sp³-hybridized carbons (Fsp3) is 0.125. The summed E-state index contributed by atoms with van der Waals surface area (Å²) in [5.41, 5.74) is 2.20. The second-order valence-electron chi connectivity index (χ2n) is 4.39. The van der Waals surface area contributed by atoms with E-state index < -0.39 is 6.10 Å². The summed E-state index contributed by atoms with van der Waals surface area (Å²) >= 11 is 1.69. The van der Waals surface area contributed by atoms with E-state index in [1.165, 1.54) is 15.6 Å². The summed E-state index contributed by atoms with van der Waals surface area (Å²) in [6.07, 6.45) is 0.229. The van der Waals surface area contributed by atoms with Gasteiger partial charge in [-0.15, -0.1) is 11.3 Å². The first kappa shape index (κ1) is 11.5. The van der Waals surface area contributed by atoms with Crippen LogP contribution >= 0.6 is 11.3 Å². The number of fused-ring (bicyclic) bond motifs is 1. The van der Waals surface area contributed by atoms with Crippen LogP contribution in [0.5, 0.6) is 0 Å². The highest BCUT2D eigenvalue weighted by atomic mass is 32.1. The fourth-order valence-corrected chi connectivity index (χ4v) is 3.19. The molecule has 2 aromatic carbocycles. The first-order valence-corrected chi connectivity index (χ1v) is 6.90. The van der Waals surface area contributed by atoms with Crippen molar-refractivity contribution < 1.29 is 5.11 Å². The van der Waals surface area contributed by atoms with Gasteiger partial charge in [-0.3, -0.25) is 0 Å². The molecule has 0 saturated carbocycles. The van der Waals surface area contributed by atoms with Gasteiger partial charge in [0.25, 0.3) is 0 Å². The maximum atomic E-state index is 10.4. The third-order valence-electron chi connectivity index (χ3n) is 3.14. The lowest BCUT2D eigenvalue weighted by molar-refractivity contribution is 0.180. The predicted octanol–water partition coefficient (Wildman–Crippen LogP) is 4.18. The van der Waals surface area contributed by atoms with Crippen molar-refractivity contribution in [1.29, 1.82) is 0 Å². The molecule has 90 valence electrons. The summed E-state index contributed by atoms with van der Waals surface area (Å²) in [7, 11) is 0. The zero-order valence-corrected chi connectivity index (χ0v) is 10.7. The molecule has 2 heteroatoms. The molecule has 1 N–H and O–H groups in total. The van der Waals surface area contributed by atoms with Crippen LogP contribution in [0, 0.1) is 0 Å². The number of aliphatic hydroxyl groups is 1. The molecule has 0 bridgehead atoms. The molecule has 1 nitrogen and oxygen atoms in total. The van der Waals surface area contributed by atoms with Crippen molar-refractivity contribution in [3.8, 4) is 0 Å². The van der Waals surface area contributed by atoms with Gasteiger partial charge in [-0.05, 0) is 28.0 Å². The number of hydrogen-bond donors (Lipinski definition) is 1. The summed E-state index contributed by atoms with van der Waals surface area (Å²) in [4.78, 5) is 0. The quantitative estimate of drug-likeness (QED) is 0.743. The van der Waals surface area contributed by atoms with Gasteiger partial charge in [0.05, 0.1) is 6.10 Å². The largest absolute Gasteiger partial charge is 0.388 e. The second-order valence-corrected chi connectivity index (χ2v) is 5.31. The van der Waals surface area contributed by atoms with Crippen molar-refractivity contribution in [2.24, 2.45) is 0 Å². The van der Waals surface area contributed by atoms with Crippen molar-refractivity contribution in [1.82, 2.24) is 0 Å². The number of rotatable bonds is 3. The predicted molar refractivity (Wildman–Crippen MR) is 76.9 cm³/mol. The molecule has 3 aromatic rings. The standard InChI is InChI=1S/C16H14OS/c17-15(11-12-5-2-1-3-6-12)14-8-4-7-13-9-10-18-16(13)14/h1-10,15,17H,11H2. The van der Waals surface area contributed by atoms with E-state index in [1.54, 1.807) is 11.3 Å². The smallest absolute Gasteiger partial charge is 0.0844 e. The molecule has 0 spiro atoms. The van der Waals surface area contributed by atoms with Crippen LogP contribution in [0.4, 0.5) is 0 Å². The number of aliphatic hydroxyl groups excluding tert-OH is 1. The molecule has 0 amide bonds. The normalized spacial score (nSPS) is 12.7. The van der Waals surface area contributed by atoms with Gasteiger partial charge in [0.1, 0.15) is 0 Å². The Hall–Kier alpha value is -1.64. The summed E-state index contributed by atoms with van der Waals surface area (Å²) in [6.45, 7) is 0. The van der Waals surface area contributed by atoms with Crippen molar-refractivity contribution in [2.75, 3.05) is 0 Å². The van der Waals surface area contributed by atoms with Gasteiger partial charge in [0.2, 0.25) is 0 Å². The minimum Gasteiger partial charge on any atom is -0.388 e. The lowest BCUT2D eigenvalue weighted by Gasteiger charge is -2.12. The Bertz CT molecular complexity index is 642. The van der Waals surface area contributed by atoms with E-state index in [0.29, 0.717) is 6.42 Å². The Morgan fingerprint density at radius 3 is 2.61 bits per heavy atom. The van der Waals surface area contributed by atoms with E-state index in [1.807, 2.05) is 30.3 Å². The molecule has 1 atom stereocenters. The van der Waals surface area contributed by atoms with Gasteiger partial charge in [-0.2, -0.15) is 0 Å². The zero-order chi connectivity index (χ0) is 12.4.